The predicted molar refractivity (Wildman–Crippen MR) is 98.8 cm³/mol. The summed E-state index contributed by atoms with van der Waals surface area (Å²) in [5.41, 5.74) is 5.77. The Kier molecular flexibility index (Phi) is 6.49. The van der Waals surface area contributed by atoms with Crippen LogP contribution in [0, 0.1) is 5.82 Å². The molecule has 0 aliphatic heterocycles. The van der Waals surface area contributed by atoms with Gasteiger partial charge in [0.2, 0.25) is 5.91 Å². The third kappa shape index (κ3) is 4.35. The molecule has 1 unspecified atom stereocenters. The monoisotopic (exact) mass is 409 g/mol. The van der Waals surface area contributed by atoms with Gasteiger partial charge in [0, 0.05) is 19.7 Å². The summed E-state index contributed by atoms with van der Waals surface area (Å²) >= 11 is 0. The molecule has 0 saturated carbocycles. The number of carbonyl (C=O) groups excluding carboxylic acids is 2. The largest absolute Gasteiger partial charge is 0.368 e. The number of likely N-dealkylation sites (N-methyl/N-ethyl adjacent to an activating group) is 1. The fourth-order valence-electron chi connectivity index (χ4n) is 2.59. The van der Waals surface area contributed by atoms with Gasteiger partial charge in [0.15, 0.2) is 0 Å². The van der Waals surface area contributed by atoms with Gasteiger partial charge < -0.3 is 10.6 Å². The van der Waals surface area contributed by atoms with Crippen molar-refractivity contribution in [3.63, 3.8) is 0 Å². The minimum Gasteiger partial charge on any atom is -0.368 e. The van der Waals surface area contributed by atoms with Crippen LogP contribution in [0.25, 0.3) is 0 Å². The van der Waals surface area contributed by atoms with Crippen molar-refractivity contribution in [2.75, 3.05) is 21.2 Å². The first-order chi connectivity index (χ1) is 13.1. The van der Waals surface area contributed by atoms with Crippen molar-refractivity contribution in [3.05, 3.63) is 65.5 Å². The van der Waals surface area contributed by atoms with E-state index in [1.807, 2.05) is 0 Å². The van der Waals surface area contributed by atoms with Gasteiger partial charge in [-0.05, 0) is 42.0 Å². The van der Waals surface area contributed by atoms with Gasteiger partial charge in [-0.15, -0.1) is 0 Å². The summed E-state index contributed by atoms with van der Waals surface area (Å²) in [6, 6.07) is 9.13. The molecule has 2 aromatic rings. The third-order valence-corrected chi connectivity index (χ3v) is 5.83. The van der Waals surface area contributed by atoms with Crippen molar-refractivity contribution in [1.82, 2.24) is 9.37 Å². The van der Waals surface area contributed by atoms with Gasteiger partial charge in [-0.25, -0.2) is 12.8 Å². The molecule has 28 heavy (non-hydrogen) atoms. The molecule has 0 radical (unpaired) electrons. The number of carbonyl (C=O) groups is 2. The van der Waals surface area contributed by atoms with Crippen LogP contribution in [0.3, 0.4) is 0 Å². The lowest BCUT2D eigenvalue weighted by Crippen LogP contribution is -2.39. The number of rotatable bonds is 7. The quantitative estimate of drug-likeness (QED) is 0.694. The topological polar surface area (TPSA) is 110 Å². The Hall–Kier alpha value is -2.82. The van der Waals surface area contributed by atoms with Crippen molar-refractivity contribution in [2.45, 2.75) is 10.9 Å². The van der Waals surface area contributed by atoms with E-state index in [1.165, 1.54) is 63.7 Å². The number of nitrogens with zero attached hydrogens (tertiary/aromatic N) is 2. The highest BCUT2D eigenvalue weighted by Crippen LogP contribution is 2.23. The van der Waals surface area contributed by atoms with Crippen LogP contribution in [0.1, 0.15) is 22.0 Å². The second-order valence-electron chi connectivity index (χ2n) is 5.90. The molecular formula is C18H20FN3O5S. The Morgan fingerprint density at radius 2 is 1.71 bits per heavy atom. The van der Waals surface area contributed by atoms with Crippen LogP contribution in [0.5, 0.6) is 0 Å². The fourth-order valence-corrected chi connectivity index (χ4v) is 3.57. The van der Waals surface area contributed by atoms with E-state index in [0.29, 0.717) is 4.47 Å². The highest BCUT2D eigenvalue weighted by Gasteiger charge is 2.28. The number of benzene rings is 2. The molecule has 2 rings (SSSR count). The summed E-state index contributed by atoms with van der Waals surface area (Å²) < 4.78 is 38.6. The van der Waals surface area contributed by atoms with Crippen molar-refractivity contribution >= 4 is 21.8 Å². The number of sulfonamides is 1. The number of amides is 2. The first-order valence-corrected chi connectivity index (χ1v) is 9.48. The summed E-state index contributed by atoms with van der Waals surface area (Å²) in [5, 5.41) is 0. The normalized spacial score (nSPS) is 12.6. The molecule has 0 saturated heterocycles. The molecule has 10 heteroatoms. The molecule has 1 atom stereocenters. The first-order valence-electron chi connectivity index (χ1n) is 8.04. The Balaban J connectivity index is 2.32. The zero-order valence-corrected chi connectivity index (χ0v) is 16.3. The van der Waals surface area contributed by atoms with Crippen molar-refractivity contribution in [1.29, 1.82) is 0 Å². The molecule has 0 bridgehead atoms. The second kappa shape index (κ2) is 8.46. The third-order valence-electron chi connectivity index (χ3n) is 4.14. The molecule has 8 nitrogen and oxygen atoms in total. The number of primary amides is 1. The summed E-state index contributed by atoms with van der Waals surface area (Å²) in [6.45, 7) is 0. The molecule has 2 amide bonds. The van der Waals surface area contributed by atoms with E-state index in [-0.39, 0.29) is 16.0 Å². The first kappa shape index (κ1) is 21.5. The van der Waals surface area contributed by atoms with E-state index in [2.05, 4.69) is 4.84 Å². The molecule has 150 valence electrons. The summed E-state index contributed by atoms with van der Waals surface area (Å²) in [6.07, 6.45) is 0. The van der Waals surface area contributed by atoms with Gasteiger partial charge in [0.25, 0.3) is 15.9 Å². The number of hydrogen-bond donors (Lipinski definition) is 1. The molecule has 0 aromatic heterocycles. The van der Waals surface area contributed by atoms with Crippen LogP contribution in [0.15, 0.2) is 53.4 Å². The Bertz CT molecular complexity index is 979. The summed E-state index contributed by atoms with van der Waals surface area (Å²) in [5.74, 6) is -1.99. The van der Waals surface area contributed by atoms with Gasteiger partial charge in [0.05, 0.1) is 12.0 Å². The maximum atomic E-state index is 13.5. The maximum absolute atomic E-state index is 13.5. The van der Waals surface area contributed by atoms with Gasteiger partial charge >= 0.3 is 0 Å². The Morgan fingerprint density at radius 3 is 2.21 bits per heavy atom. The van der Waals surface area contributed by atoms with E-state index in [1.54, 1.807) is 0 Å². The lowest BCUT2D eigenvalue weighted by molar-refractivity contribution is -0.122. The van der Waals surface area contributed by atoms with E-state index in [4.69, 9.17) is 5.73 Å². The molecule has 0 aliphatic rings. The van der Waals surface area contributed by atoms with Crippen LogP contribution in [0.2, 0.25) is 0 Å². The van der Waals surface area contributed by atoms with E-state index in [0.717, 1.165) is 11.0 Å². The van der Waals surface area contributed by atoms with Crippen molar-refractivity contribution in [3.8, 4) is 0 Å². The van der Waals surface area contributed by atoms with Crippen molar-refractivity contribution in [2.24, 2.45) is 5.73 Å². The maximum Gasteiger partial charge on any atom is 0.264 e. The number of halogens is 1. The summed E-state index contributed by atoms with van der Waals surface area (Å²) in [7, 11) is -0.0618. The minimum absolute atomic E-state index is 0.0763. The lowest BCUT2D eigenvalue weighted by atomic mass is 10.0. The zero-order chi connectivity index (χ0) is 21.1. The molecule has 0 aliphatic carbocycles. The lowest BCUT2D eigenvalue weighted by Gasteiger charge is -2.26. The Labute approximate surface area is 162 Å². The molecule has 0 spiro atoms. The average Bonchev–Trinajstić information content (AvgIpc) is 2.66. The number of hydrogen-bond acceptors (Lipinski definition) is 5. The van der Waals surface area contributed by atoms with Crippen molar-refractivity contribution < 1.29 is 27.2 Å². The fraction of sp³-hybridized carbons (Fsp3) is 0.222. The molecule has 2 aromatic carbocycles. The highest BCUT2D eigenvalue weighted by atomic mass is 32.2. The highest BCUT2D eigenvalue weighted by molar-refractivity contribution is 7.89. The SMILES string of the molecule is CON(C)S(=O)(=O)c1ccc(C(=O)N(C)C(C(N)=O)c2cccc(F)c2)cc1. The molecule has 0 fully saturated rings. The van der Waals surface area contributed by atoms with Crippen LogP contribution >= 0.6 is 0 Å². The summed E-state index contributed by atoms with van der Waals surface area (Å²) in [4.78, 5) is 30.3. The van der Waals surface area contributed by atoms with Gasteiger partial charge in [-0.1, -0.05) is 16.6 Å². The molecular weight excluding hydrogens is 389 g/mol. The van der Waals surface area contributed by atoms with Gasteiger partial charge in [-0.3, -0.25) is 14.4 Å². The second-order valence-corrected chi connectivity index (χ2v) is 7.83. The van der Waals surface area contributed by atoms with Crippen LogP contribution in [-0.4, -0.2) is 50.8 Å². The van der Waals surface area contributed by atoms with Gasteiger partial charge in [0.1, 0.15) is 11.9 Å². The van der Waals surface area contributed by atoms with Gasteiger partial charge in [-0.2, -0.15) is 0 Å². The molecule has 0 heterocycles. The Morgan fingerprint density at radius 1 is 1.11 bits per heavy atom. The van der Waals surface area contributed by atoms with E-state index >= 15 is 0 Å². The van der Waals surface area contributed by atoms with E-state index < -0.39 is 33.7 Å². The minimum atomic E-state index is -3.86. The predicted octanol–water partition coefficient (Wildman–Crippen LogP) is 1.31. The van der Waals surface area contributed by atoms with Crippen LogP contribution < -0.4 is 5.73 Å². The van der Waals surface area contributed by atoms with Crippen LogP contribution in [0.4, 0.5) is 4.39 Å². The molecule has 2 N–H and O–H groups in total. The average molecular weight is 409 g/mol. The smallest absolute Gasteiger partial charge is 0.264 e. The standard InChI is InChI=1S/C18H20FN3O5S/c1-21(16(17(20)23)13-5-4-6-14(19)11-13)18(24)12-7-9-15(10-8-12)28(25,26)22(2)27-3/h4-11,16H,1-3H3,(H2,20,23). The zero-order valence-electron chi connectivity index (χ0n) is 15.5. The van der Waals surface area contributed by atoms with E-state index in [9.17, 15) is 22.4 Å². The number of hydroxylamine groups is 1. The van der Waals surface area contributed by atoms with Crippen LogP contribution in [-0.2, 0) is 19.7 Å². The number of nitrogens with two attached hydrogens (primary N) is 1.